The van der Waals surface area contributed by atoms with E-state index in [1.165, 1.54) is 25.0 Å². The minimum Gasteiger partial charge on any atom is -0.338 e. The van der Waals surface area contributed by atoms with Crippen molar-refractivity contribution in [2.75, 3.05) is 11.9 Å². The second kappa shape index (κ2) is 7.84. The molecule has 27 heavy (non-hydrogen) atoms. The van der Waals surface area contributed by atoms with Crippen LogP contribution in [0.4, 0.5) is 29.1 Å². The van der Waals surface area contributed by atoms with E-state index in [1.54, 1.807) is 12.3 Å². The highest BCUT2D eigenvalue weighted by atomic mass is 19.4. The Hall–Kier alpha value is -2.15. The van der Waals surface area contributed by atoms with Crippen molar-refractivity contribution >= 4 is 11.5 Å². The zero-order chi connectivity index (χ0) is 19.6. The van der Waals surface area contributed by atoms with Gasteiger partial charge >= 0.3 is 6.18 Å². The zero-order valence-electron chi connectivity index (χ0n) is 15.3. The smallest absolute Gasteiger partial charge is 0.338 e. The summed E-state index contributed by atoms with van der Waals surface area (Å²) in [6, 6.07) is 4.95. The Morgan fingerprint density at radius 1 is 1.22 bits per heavy atom. The first-order chi connectivity index (χ1) is 12.8. The van der Waals surface area contributed by atoms with E-state index < -0.39 is 17.6 Å². The van der Waals surface area contributed by atoms with E-state index in [1.807, 2.05) is 13.8 Å². The van der Waals surface area contributed by atoms with E-state index in [-0.39, 0.29) is 11.6 Å². The first-order valence-electron chi connectivity index (χ1n) is 9.08. The number of rotatable bonds is 7. The maximum Gasteiger partial charge on any atom is 0.419 e. The molecule has 1 aliphatic rings. The summed E-state index contributed by atoms with van der Waals surface area (Å²) in [7, 11) is 0. The highest BCUT2D eigenvalue weighted by Crippen LogP contribution is 2.35. The quantitative estimate of drug-likeness (QED) is 0.613. The van der Waals surface area contributed by atoms with Gasteiger partial charge in [0.15, 0.2) is 5.82 Å². The summed E-state index contributed by atoms with van der Waals surface area (Å²) in [4.78, 5) is 4.26. The van der Waals surface area contributed by atoms with Crippen LogP contribution >= 0.6 is 0 Å². The molecule has 1 aromatic carbocycles. The lowest BCUT2D eigenvalue weighted by molar-refractivity contribution is -0.139. The molecule has 0 radical (unpaired) electrons. The van der Waals surface area contributed by atoms with Crippen LogP contribution in [0.3, 0.4) is 0 Å². The number of pyridine rings is 1. The van der Waals surface area contributed by atoms with Crippen LogP contribution in [0.15, 0.2) is 30.5 Å². The molecule has 0 atom stereocenters. The number of nitrogens with zero attached hydrogens (tertiary/aromatic N) is 1. The third-order valence-electron chi connectivity index (χ3n) is 4.66. The van der Waals surface area contributed by atoms with E-state index in [0.29, 0.717) is 12.4 Å². The van der Waals surface area contributed by atoms with Crippen molar-refractivity contribution in [3.05, 3.63) is 53.0 Å². The van der Waals surface area contributed by atoms with Gasteiger partial charge in [-0.15, -0.1) is 0 Å². The van der Waals surface area contributed by atoms with Crippen molar-refractivity contribution in [3.63, 3.8) is 0 Å². The topological polar surface area (TPSA) is 37.0 Å². The monoisotopic (exact) mass is 381 g/mol. The molecule has 3 rings (SSSR count). The summed E-state index contributed by atoms with van der Waals surface area (Å²) in [5.74, 6) is -0.0288. The Bertz CT molecular complexity index is 798. The summed E-state index contributed by atoms with van der Waals surface area (Å²) in [5, 5.41) is 6.10. The first-order valence-corrected chi connectivity index (χ1v) is 9.08. The molecule has 0 saturated heterocycles. The molecule has 7 heteroatoms. The van der Waals surface area contributed by atoms with Gasteiger partial charge in [-0.3, -0.25) is 0 Å². The number of hydrogen-bond acceptors (Lipinski definition) is 3. The largest absolute Gasteiger partial charge is 0.419 e. The van der Waals surface area contributed by atoms with Crippen LogP contribution < -0.4 is 10.6 Å². The van der Waals surface area contributed by atoms with Crippen LogP contribution in [0.25, 0.3) is 0 Å². The van der Waals surface area contributed by atoms with Crippen LogP contribution in [0.5, 0.6) is 0 Å². The maximum absolute atomic E-state index is 14.2. The van der Waals surface area contributed by atoms with Crippen LogP contribution in [0, 0.1) is 11.7 Å². The van der Waals surface area contributed by atoms with Crippen molar-refractivity contribution in [1.29, 1.82) is 0 Å². The molecule has 0 unspecified atom stereocenters. The molecule has 1 fully saturated rings. The third kappa shape index (κ3) is 4.97. The highest BCUT2D eigenvalue weighted by molar-refractivity contribution is 5.59. The third-order valence-corrected chi connectivity index (χ3v) is 4.66. The summed E-state index contributed by atoms with van der Waals surface area (Å²) >= 11 is 0. The minimum atomic E-state index is -4.74. The SMILES string of the molecule is CC(C)c1cc(Nc2cccc(C(F)(F)F)c2F)ncc1CNCC1CC1. The van der Waals surface area contributed by atoms with Crippen LogP contribution in [-0.4, -0.2) is 11.5 Å². The fourth-order valence-corrected chi connectivity index (χ4v) is 2.97. The van der Waals surface area contributed by atoms with E-state index in [9.17, 15) is 17.6 Å². The maximum atomic E-state index is 14.2. The zero-order valence-corrected chi connectivity index (χ0v) is 15.3. The van der Waals surface area contributed by atoms with Crippen molar-refractivity contribution in [2.45, 2.75) is 45.3 Å². The fraction of sp³-hybridized carbons (Fsp3) is 0.450. The molecule has 0 aliphatic heterocycles. The molecule has 2 N–H and O–H groups in total. The number of nitrogens with one attached hydrogen (secondary N) is 2. The van der Waals surface area contributed by atoms with E-state index in [0.717, 1.165) is 29.7 Å². The Morgan fingerprint density at radius 2 is 1.96 bits per heavy atom. The molecular formula is C20H23F4N3. The van der Waals surface area contributed by atoms with Gasteiger partial charge in [-0.05, 0) is 60.5 Å². The predicted molar refractivity (Wildman–Crippen MR) is 97.4 cm³/mol. The van der Waals surface area contributed by atoms with Gasteiger partial charge in [-0.2, -0.15) is 13.2 Å². The highest BCUT2D eigenvalue weighted by Gasteiger charge is 2.35. The van der Waals surface area contributed by atoms with Gasteiger partial charge < -0.3 is 10.6 Å². The van der Waals surface area contributed by atoms with Gasteiger partial charge in [-0.25, -0.2) is 9.37 Å². The van der Waals surface area contributed by atoms with Gasteiger partial charge in [-0.1, -0.05) is 19.9 Å². The lowest BCUT2D eigenvalue weighted by atomic mass is 9.99. The molecule has 146 valence electrons. The molecule has 1 saturated carbocycles. The summed E-state index contributed by atoms with van der Waals surface area (Å²) < 4.78 is 52.9. The Balaban J connectivity index is 1.79. The Kier molecular flexibility index (Phi) is 5.69. The molecule has 1 heterocycles. The number of hydrogen-bond donors (Lipinski definition) is 2. The average Bonchev–Trinajstić information content (AvgIpc) is 3.41. The Morgan fingerprint density at radius 3 is 2.59 bits per heavy atom. The van der Waals surface area contributed by atoms with Crippen LogP contribution in [-0.2, 0) is 12.7 Å². The molecule has 0 bridgehead atoms. The van der Waals surface area contributed by atoms with Gasteiger partial charge in [0.1, 0.15) is 5.82 Å². The predicted octanol–water partition coefficient (Wildman–Crippen LogP) is 5.61. The van der Waals surface area contributed by atoms with Gasteiger partial charge in [0.05, 0.1) is 11.3 Å². The number of anilines is 2. The molecule has 1 aromatic heterocycles. The lowest BCUT2D eigenvalue weighted by Gasteiger charge is -2.16. The number of alkyl halides is 3. The van der Waals surface area contributed by atoms with Gasteiger partial charge in [0, 0.05) is 12.7 Å². The van der Waals surface area contributed by atoms with Crippen molar-refractivity contribution < 1.29 is 17.6 Å². The number of halogens is 4. The van der Waals surface area contributed by atoms with E-state index in [2.05, 4.69) is 15.6 Å². The molecule has 0 spiro atoms. The van der Waals surface area contributed by atoms with Crippen molar-refractivity contribution in [3.8, 4) is 0 Å². The molecule has 0 amide bonds. The lowest BCUT2D eigenvalue weighted by Crippen LogP contribution is -2.18. The second-order valence-corrected chi connectivity index (χ2v) is 7.29. The standard InChI is InChI=1S/C20H23F4N3/c1-12(2)15-8-18(26-11-14(15)10-25-9-13-6-7-13)27-17-5-3-4-16(19(17)21)20(22,23)24/h3-5,8,11-13,25H,6-7,9-10H2,1-2H3,(H,26,27). The van der Waals surface area contributed by atoms with Gasteiger partial charge in [0.2, 0.25) is 0 Å². The summed E-state index contributed by atoms with van der Waals surface area (Å²) in [5.41, 5.74) is 0.535. The Labute approximate surface area is 156 Å². The van der Waals surface area contributed by atoms with Crippen molar-refractivity contribution in [1.82, 2.24) is 10.3 Å². The van der Waals surface area contributed by atoms with E-state index in [4.69, 9.17) is 0 Å². The van der Waals surface area contributed by atoms with Crippen molar-refractivity contribution in [2.24, 2.45) is 5.92 Å². The number of benzene rings is 1. The normalized spacial score (nSPS) is 14.6. The van der Waals surface area contributed by atoms with E-state index >= 15 is 0 Å². The second-order valence-electron chi connectivity index (χ2n) is 7.29. The molecule has 1 aliphatic carbocycles. The molecule has 2 aromatic rings. The molecule has 3 nitrogen and oxygen atoms in total. The van der Waals surface area contributed by atoms with Crippen LogP contribution in [0.1, 0.15) is 49.3 Å². The number of aromatic nitrogens is 1. The summed E-state index contributed by atoms with van der Waals surface area (Å²) in [6.45, 7) is 5.74. The average molecular weight is 381 g/mol. The minimum absolute atomic E-state index is 0.206. The molecular weight excluding hydrogens is 358 g/mol. The van der Waals surface area contributed by atoms with Gasteiger partial charge in [0.25, 0.3) is 0 Å². The fourth-order valence-electron chi connectivity index (χ4n) is 2.97. The first kappa shape index (κ1) is 19.6. The summed E-state index contributed by atoms with van der Waals surface area (Å²) in [6.07, 6.45) is -0.500. The van der Waals surface area contributed by atoms with Crippen LogP contribution in [0.2, 0.25) is 0 Å².